The molecule has 0 radical (unpaired) electrons. The quantitative estimate of drug-likeness (QED) is 0.865. The Labute approximate surface area is 123 Å². The first kappa shape index (κ1) is 16.7. The molecule has 0 aliphatic carbocycles. The van der Waals surface area contributed by atoms with Crippen molar-refractivity contribution in [2.45, 2.75) is 46.2 Å². The van der Waals surface area contributed by atoms with Gasteiger partial charge in [-0.15, -0.1) is 0 Å². The SMILES string of the molecule is Cc1cccc(C(C)NC(CC(C)C)C(=O)N(C)C)c1. The molecule has 3 nitrogen and oxygen atoms in total. The molecule has 0 heterocycles. The monoisotopic (exact) mass is 276 g/mol. The summed E-state index contributed by atoms with van der Waals surface area (Å²) in [6.45, 7) is 8.50. The normalized spacial score (nSPS) is 14.2. The highest BCUT2D eigenvalue weighted by molar-refractivity contribution is 5.81. The minimum absolute atomic E-state index is 0.125. The lowest BCUT2D eigenvalue weighted by atomic mass is 9.99. The van der Waals surface area contributed by atoms with Crippen molar-refractivity contribution in [2.24, 2.45) is 5.92 Å². The average molecular weight is 276 g/mol. The summed E-state index contributed by atoms with van der Waals surface area (Å²) in [6.07, 6.45) is 0.854. The minimum atomic E-state index is -0.125. The summed E-state index contributed by atoms with van der Waals surface area (Å²) in [7, 11) is 3.63. The highest BCUT2D eigenvalue weighted by atomic mass is 16.2. The van der Waals surface area contributed by atoms with E-state index >= 15 is 0 Å². The Bertz CT molecular complexity index is 440. The highest BCUT2D eigenvalue weighted by Gasteiger charge is 2.23. The van der Waals surface area contributed by atoms with Crippen molar-refractivity contribution < 1.29 is 4.79 Å². The van der Waals surface area contributed by atoms with Gasteiger partial charge >= 0.3 is 0 Å². The smallest absolute Gasteiger partial charge is 0.239 e. The zero-order valence-corrected chi connectivity index (χ0v) is 13.6. The maximum Gasteiger partial charge on any atom is 0.239 e. The van der Waals surface area contributed by atoms with Gasteiger partial charge in [0, 0.05) is 20.1 Å². The third-order valence-corrected chi connectivity index (χ3v) is 3.44. The number of rotatable bonds is 6. The van der Waals surface area contributed by atoms with Crippen molar-refractivity contribution in [3.05, 3.63) is 35.4 Å². The number of likely N-dealkylation sites (N-methyl/N-ethyl adjacent to an activating group) is 1. The molecule has 1 rings (SSSR count). The Kier molecular flexibility index (Phi) is 6.21. The Morgan fingerprint density at radius 2 is 1.90 bits per heavy atom. The van der Waals surface area contributed by atoms with Gasteiger partial charge in [-0.1, -0.05) is 43.7 Å². The molecular weight excluding hydrogens is 248 g/mol. The first-order chi connectivity index (χ1) is 9.31. The maximum atomic E-state index is 12.3. The molecule has 0 saturated carbocycles. The summed E-state index contributed by atoms with van der Waals surface area (Å²) in [5.41, 5.74) is 2.47. The van der Waals surface area contributed by atoms with Crippen molar-refractivity contribution in [1.82, 2.24) is 10.2 Å². The van der Waals surface area contributed by atoms with Crippen LogP contribution in [0.3, 0.4) is 0 Å². The van der Waals surface area contributed by atoms with Gasteiger partial charge < -0.3 is 4.90 Å². The summed E-state index contributed by atoms with van der Waals surface area (Å²) in [5.74, 6) is 0.638. The van der Waals surface area contributed by atoms with Crippen LogP contribution in [-0.4, -0.2) is 30.9 Å². The molecule has 1 amide bonds. The standard InChI is InChI=1S/C17H28N2O/c1-12(2)10-16(17(20)19(5)6)18-14(4)15-9-7-8-13(3)11-15/h7-9,11-12,14,16,18H,10H2,1-6H3. The van der Waals surface area contributed by atoms with Crippen molar-refractivity contribution in [1.29, 1.82) is 0 Å². The minimum Gasteiger partial charge on any atom is -0.347 e. The van der Waals surface area contributed by atoms with Crippen LogP contribution < -0.4 is 5.32 Å². The highest BCUT2D eigenvalue weighted by Crippen LogP contribution is 2.17. The van der Waals surface area contributed by atoms with Crippen LogP contribution in [0.1, 0.15) is 44.4 Å². The molecule has 2 unspecified atom stereocenters. The second kappa shape index (κ2) is 7.44. The Hall–Kier alpha value is -1.35. The third-order valence-electron chi connectivity index (χ3n) is 3.44. The Morgan fingerprint density at radius 3 is 2.40 bits per heavy atom. The molecule has 0 aromatic heterocycles. The number of hydrogen-bond acceptors (Lipinski definition) is 2. The van der Waals surface area contributed by atoms with Gasteiger partial charge in [-0.2, -0.15) is 0 Å². The molecular formula is C17H28N2O. The van der Waals surface area contributed by atoms with Gasteiger partial charge in [-0.25, -0.2) is 0 Å². The second-order valence-corrected chi connectivity index (χ2v) is 6.22. The number of carbonyl (C=O) groups excluding carboxylic acids is 1. The molecule has 112 valence electrons. The van der Waals surface area contributed by atoms with Crippen LogP contribution in [-0.2, 0) is 4.79 Å². The van der Waals surface area contributed by atoms with E-state index in [1.807, 2.05) is 14.1 Å². The van der Waals surface area contributed by atoms with Gasteiger partial charge in [0.1, 0.15) is 0 Å². The molecule has 1 aromatic carbocycles. The zero-order chi connectivity index (χ0) is 15.3. The van der Waals surface area contributed by atoms with Crippen LogP contribution in [0.15, 0.2) is 24.3 Å². The largest absolute Gasteiger partial charge is 0.347 e. The molecule has 0 saturated heterocycles. The number of benzene rings is 1. The Balaban J connectivity index is 2.81. The van der Waals surface area contributed by atoms with Gasteiger partial charge in [0.25, 0.3) is 0 Å². The fourth-order valence-electron chi connectivity index (χ4n) is 2.36. The van der Waals surface area contributed by atoms with Gasteiger partial charge in [-0.3, -0.25) is 10.1 Å². The van der Waals surface area contributed by atoms with E-state index in [0.29, 0.717) is 5.92 Å². The van der Waals surface area contributed by atoms with Crippen LogP contribution in [0.2, 0.25) is 0 Å². The number of nitrogens with one attached hydrogen (secondary N) is 1. The van der Waals surface area contributed by atoms with Gasteiger partial charge in [-0.05, 0) is 31.7 Å². The number of hydrogen-bond donors (Lipinski definition) is 1. The first-order valence-corrected chi connectivity index (χ1v) is 7.35. The molecule has 0 fully saturated rings. The van der Waals surface area contributed by atoms with E-state index < -0.39 is 0 Å². The first-order valence-electron chi connectivity index (χ1n) is 7.35. The lowest BCUT2D eigenvalue weighted by Crippen LogP contribution is -2.45. The van der Waals surface area contributed by atoms with Crippen molar-refractivity contribution in [2.75, 3.05) is 14.1 Å². The van der Waals surface area contributed by atoms with Crippen LogP contribution >= 0.6 is 0 Å². The fraction of sp³-hybridized carbons (Fsp3) is 0.588. The van der Waals surface area contributed by atoms with E-state index in [2.05, 4.69) is 57.3 Å². The maximum absolute atomic E-state index is 12.3. The second-order valence-electron chi connectivity index (χ2n) is 6.22. The van der Waals surface area contributed by atoms with Crippen LogP contribution in [0, 0.1) is 12.8 Å². The van der Waals surface area contributed by atoms with E-state index in [4.69, 9.17) is 0 Å². The number of amides is 1. The predicted molar refractivity (Wildman–Crippen MR) is 84.7 cm³/mol. The fourth-order valence-corrected chi connectivity index (χ4v) is 2.36. The van der Waals surface area contributed by atoms with Crippen LogP contribution in [0.5, 0.6) is 0 Å². The molecule has 0 aliphatic rings. The summed E-state index contributed by atoms with van der Waals surface area (Å²) in [4.78, 5) is 13.9. The Morgan fingerprint density at radius 1 is 1.25 bits per heavy atom. The van der Waals surface area contributed by atoms with E-state index in [9.17, 15) is 4.79 Å². The summed E-state index contributed by atoms with van der Waals surface area (Å²) in [5, 5.41) is 3.48. The molecule has 0 spiro atoms. The van der Waals surface area contributed by atoms with E-state index in [-0.39, 0.29) is 18.0 Å². The molecule has 2 atom stereocenters. The zero-order valence-electron chi connectivity index (χ0n) is 13.6. The molecule has 1 N–H and O–H groups in total. The van der Waals surface area contributed by atoms with Crippen molar-refractivity contribution in [3.8, 4) is 0 Å². The molecule has 3 heteroatoms. The molecule has 0 aliphatic heterocycles. The summed E-state index contributed by atoms with van der Waals surface area (Å²) < 4.78 is 0. The lowest BCUT2D eigenvalue weighted by molar-refractivity contribution is -0.131. The van der Waals surface area contributed by atoms with E-state index in [1.54, 1.807) is 4.90 Å². The van der Waals surface area contributed by atoms with E-state index in [0.717, 1.165) is 6.42 Å². The molecule has 20 heavy (non-hydrogen) atoms. The van der Waals surface area contributed by atoms with Crippen LogP contribution in [0.4, 0.5) is 0 Å². The average Bonchev–Trinajstić information content (AvgIpc) is 2.36. The number of nitrogens with zero attached hydrogens (tertiary/aromatic N) is 1. The van der Waals surface area contributed by atoms with Crippen molar-refractivity contribution in [3.63, 3.8) is 0 Å². The van der Waals surface area contributed by atoms with Gasteiger partial charge in [0.2, 0.25) is 5.91 Å². The summed E-state index contributed by atoms with van der Waals surface area (Å²) >= 11 is 0. The van der Waals surface area contributed by atoms with Crippen molar-refractivity contribution >= 4 is 5.91 Å². The predicted octanol–water partition coefficient (Wildman–Crippen LogP) is 3.15. The van der Waals surface area contributed by atoms with E-state index in [1.165, 1.54) is 11.1 Å². The molecule has 0 bridgehead atoms. The topological polar surface area (TPSA) is 32.3 Å². The number of carbonyl (C=O) groups is 1. The van der Waals surface area contributed by atoms with Gasteiger partial charge in [0.05, 0.1) is 6.04 Å². The molecule has 1 aromatic rings. The third kappa shape index (κ3) is 4.97. The summed E-state index contributed by atoms with van der Waals surface area (Å²) in [6, 6.07) is 8.48. The van der Waals surface area contributed by atoms with Gasteiger partial charge in [0.15, 0.2) is 0 Å². The van der Waals surface area contributed by atoms with Crippen LogP contribution in [0.25, 0.3) is 0 Å². The number of aryl methyl sites for hydroxylation is 1. The lowest BCUT2D eigenvalue weighted by Gasteiger charge is -2.27.